The third-order valence-corrected chi connectivity index (χ3v) is 3.25. The van der Waals surface area contributed by atoms with Crippen molar-refractivity contribution in [1.29, 1.82) is 0 Å². The molecule has 6 nitrogen and oxygen atoms in total. The summed E-state index contributed by atoms with van der Waals surface area (Å²) in [6, 6.07) is 5.36. The summed E-state index contributed by atoms with van der Waals surface area (Å²) in [6.45, 7) is 1.57. The van der Waals surface area contributed by atoms with Gasteiger partial charge in [0.1, 0.15) is 0 Å². The molecule has 3 rings (SSSR count). The van der Waals surface area contributed by atoms with Crippen LogP contribution in [0.25, 0.3) is 10.9 Å². The van der Waals surface area contributed by atoms with Crippen LogP contribution in [0.1, 0.15) is 30.1 Å². The van der Waals surface area contributed by atoms with E-state index in [0.29, 0.717) is 5.56 Å². The molecular weight excluding hydrogens is 258 g/mol. The zero-order chi connectivity index (χ0) is 14.1. The number of carbonyl (C=O) groups is 2. The molecule has 0 radical (unpaired) electrons. The molecule has 104 valence electrons. The second kappa shape index (κ2) is 4.96. The lowest BCUT2D eigenvalue weighted by molar-refractivity contribution is -0.129. The minimum atomic E-state index is -0.791. The van der Waals surface area contributed by atoms with Crippen LogP contribution < -0.4 is 5.32 Å². The molecule has 0 spiro atoms. The molecule has 1 aliphatic carbocycles. The molecule has 0 unspecified atom stereocenters. The second-order valence-electron chi connectivity index (χ2n) is 5.00. The standard InChI is InChI=1S/C14H15N3O3/c1-8(13(18)16-11-4-5-11)20-14(19)9-2-3-10-7-15-17-12(10)6-9/h2-3,6-8,11H,4-5H2,1H3,(H,15,17)(H,16,18)/t8-/m1/s1. The van der Waals surface area contributed by atoms with Crippen molar-refractivity contribution in [1.82, 2.24) is 15.5 Å². The monoisotopic (exact) mass is 273 g/mol. The Labute approximate surface area is 115 Å². The number of H-pyrrole nitrogens is 1. The SMILES string of the molecule is C[C@@H](OC(=O)c1ccc2cn[nH]c2c1)C(=O)NC1CC1. The molecule has 0 aliphatic heterocycles. The molecule has 1 aliphatic rings. The molecule has 1 fully saturated rings. The summed E-state index contributed by atoms with van der Waals surface area (Å²) < 4.78 is 5.17. The second-order valence-corrected chi connectivity index (χ2v) is 5.00. The topological polar surface area (TPSA) is 84.1 Å². The van der Waals surface area contributed by atoms with E-state index in [0.717, 1.165) is 23.7 Å². The first-order chi connectivity index (χ1) is 9.63. The molecule has 6 heteroatoms. The van der Waals surface area contributed by atoms with Crippen molar-refractivity contribution >= 4 is 22.8 Å². The number of carbonyl (C=O) groups excluding carboxylic acids is 2. The fraction of sp³-hybridized carbons (Fsp3) is 0.357. The van der Waals surface area contributed by atoms with E-state index < -0.39 is 12.1 Å². The Morgan fingerprint density at radius 3 is 3.00 bits per heavy atom. The average molecular weight is 273 g/mol. The van der Waals surface area contributed by atoms with Crippen LogP contribution in [0.4, 0.5) is 0 Å². The molecule has 0 bridgehead atoms. The molecule has 1 atom stereocenters. The maximum absolute atomic E-state index is 12.0. The van der Waals surface area contributed by atoms with Gasteiger partial charge in [0.05, 0.1) is 17.3 Å². The number of esters is 1. The summed E-state index contributed by atoms with van der Waals surface area (Å²) in [5, 5.41) is 10.4. The summed E-state index contributed by atoms with van der Waals surface area (Å²) in [4.78, 5) is 23.7. The number of benzene rings is 1. The van der Waals surface area contributed by atoms with Gasteiger partial charge in [0.25, 0.3) is 5.91 Å². The van der Waals surface area contributed by atoms with Gasteiger partial charge in [-0.05, 0) is 31.9 Å². The summed E-state index contributed by atoms with van der Waals surface area (Å²) in [5.74, 6) is -0.761. The molecule has 1 saturated carbocycles. The van der Waals surface area contributed by atoms with Gasteiger partial charge in [-0.1, -0.05) is 6.07 Å². The molecule has 0 saturated heterocycles. The maximum atomic E-state index is 12.0. The van der Waals surface area contributed by atoms with E-state index in [1.165, 1.54) is 0 Å². The number of aromatic amines is 1. The lowest BCUT2D eigenvalue weighted by Gasteiger charge is -2.13. The Balaban J connectivity index is 1.66. The first kappa shape index (κ1) is 12.7. The van der Waals surface area contributed by atoms with Gasteiger partial charge in [-0.25, -0.2) is 4.79 Å². The first-order valence-electron chi connectivity index (χ1n) is 6.58. The van der Waals surface area contributed by atoms with Gasteiger partial charge in [0.2, 0.25) is 0 Å². The van der Waals surface area contributed by atoms with E-state index in [2.05, 4.69) is 15.5 Å². The zero-order valence-corrected chi connectivity index (χ0v) is 11.1. The van der Waals surface area contributed by atoms with E-state index in [9.17, 15) is 9.59 Å². The quantitative estimate of drug-likeness (QED) is 0.824. The van der Waals surface area contributed by atoms with Gasteiger partial charge in [0.15, 0.2) is 6.10 Å². The molecule has 1 aromatic heterocycles. The Bertz CT molecular complexity index is 660. The van der Waals surface area contributed by atoms with E-state index in [1.807, 2.05) is 0 Å². The van der Waals surface area contributed by atoms with E-state index in [1.54, 1.807) is 31.3 Å². The summed E-state index contributed by atoms with van der Waals surface area (Å²) >= 11 is 0. The van der Waals surface area contributed by atoms with Crippen molar-refractivity contribution in [2.45, 2.75) is 31.9 Å². The predicted molar refractivity (Wildman–Crippen MR) is 72.1 cm³/mol. The lowest BCUT2D eigenvalue weighted by Crippen LogP contribution is -2.37. The maximum Gasteiger partial charge on any atom is 0.338 e. The van der Waals surface area contributed by atoms with Crippen LogP contribution in [0, 0.1) is 0 Å². The van der Waals surface area contributed by atoms with Gasteiger partial charge in [-0.3, -0.25) is 9.89 Å². The normalized spacial score (nSPS) is 15.8. The van der Waals surface area contributed by atoms with E-state index in [-0.39, 0.29) is 11.9 Å². The van der Waals surface area contributed by atoms with Gasteiger partial charge in [0, 0.05) is 11.4 Å². The fourth-order valence-corrected chi connectivity index (χ4v) is 1.89. The molecular formula is C14H15N3O3. The number of aromatic nitrogens is 2. The Morgan fingerprint density at radius 2 is 2.25 bits per heavy atom. The minimum Gasteiger partial charge on any atom is -0.449 e. The third kappa shape index (κ3) is 2.64. The van der Waals surface area contributed by atoms with E-state index in [4.69, 9.17) is 4.74 Å². The number of fused-ring (bicyclic) bond motifs is 1. The van der Waals surface area contributed by atoms with Gasteiger partial charge in [-0.2, -0.15) is 5.10 Å². The van der Waals surface area contributed by atoms with Crippen molar-refractivity contribution in [3.8, 4) is 0 Å². The Morgan fingerprint density at radius 1 is 1.45 bits per heavy atom. The number of nitrogens with one attached hydrogen (secondary N) is 2. The highest BCUT2D eigenvalue weighted by Crippen LogP contribution is 2.19. The lowest BCUT2D eigenvalue weighted by atomic mass is 10.2. The number of amides is 1. The highest BCUT2D eigenvalue weighted by atomic mass is 16.5. The average Bonchev–Trinajstić information content (AvgIpc) is 3.12. The zero-order valence-electron chi connectivity index (χ0n) is 11.1. The number of ether oxygens (including phenoxy) is 1. The van der Waals surface area contributed by atoms with Crippen LogP contribution in [0.15, 0.2) is 24.4 Å². The van der Waals surface area contributed by atoms with Gasteiger partial charge < -0.3 is 10.1 Å². The highest BCUT2D eigenvalue weighted by Gasteiger charge is 2.27. The molecule has 1 aromatic carbocycles. The first-order valence-corrected chi connectivity index (χ1v) is 6.58. The smallest absolute Gasteiger partial charge is 0.338 e. The predicted octanol–water partition coefficient (Wildman–Crippen LogP) is 1.39. The van der Waals surface area contributed by atoms with Gasteiger partial charge >= 0.3 is 5.97 Å². The van der Waals surface area contributed by atoms with Gasteiger partial charge in [-0.15, -0.1) is 0 Å². The Hall–Kier alpha value is -2.37. The summed E-state index contributed by atoms with van der Waals surface area (Å²) in [7, 11) is 0. The molecule has 2 N–H and O–H groups in total. The van der Waals surface area contributed by atoms with Crippen molar-refractivity contribution in [2.75, 3.05) is 0 Å². The summed E-state index contributed by atoms with van der Waals surface area (Å²) in [5.41, 5.74) is 1.15. The van der Waals surface area contributed by atoms with Crippen molar-refractivity contribution in [2.24, 2.45) is 0 Å². The number of nitrogens with zero attached hydrogens (tertiary/aromatic N) is 1. The van der Waals surface area contributed by atoms with Crippen LogP contribution >= 0.6 is 0 Å². The fourth-order valence-electron chi connectivity index (χ4n) is 1.89. The number of rotatable bonds is 4. The van der Waals surface area contributed by atoms with Crippen LogP contribution in [0.2, 0.25) is 0 Å². The highest BCUT2D eigenvalue weighted by molar-refractivity contribution is 5.95. The third-order valence-electron chi connectivity index (χ3n) is 3.25. The molecule has 1 amide bonds. The van der Waals surface area contributed by atoms with Crippen molar-refractivity contribution < 1.29 is 14.3 Å². The molecule has 1 heterocycles. The molecule has 20 heavy (non-hydrogen) atoms. The number of hydrogen-bond acceptors (Lipinski definition) is 4. The minimum absolute atomic E-state index is 0.247. The Kier molecular flexibility index (Phi) is 3.14. The van der Waals surface area contributed by atoms with Crippen LogP contribution in [0.5, 0.6) is 0 Å². The largest absolute Gasteiger partial charge is 0.449 e. The van der Waals surface area contributed by atoms with Crippen LogP contribution in [-0.4, -0.2) is 34.2 Å². The van der Waals surface area contributed by atoms with Crippen molar-refractivity contribution in [3.63, 3.8) is 0 Å². The summed E-state index contributed by atoms with van der Waals surface area (Å²) in [6.07, 6.45) is 2.89. The van der Waals surface area contributed by atoms with Crippen LogP contribution in [0.3, 0.4) is 0 Å². The van der Waals surface area contributed by atoms with Crippen LogP contribution in [-0.2, 0) is 9.53 Å². The van der Waals surface area contributed by atoms with E-state index >= 15 is 0 Å². The molecule has 2 aromatic rings. The number of hydrogen-bond donors (Lipinski definition) is 2. The van der Waals surface area contributed by atoms with Crippen molar-refractivity contribution in [3.05, 3.63) is 30.0 Å².